The van der Waals surface area contributed by atoms with Crippen molar-refractivity contribution in [2.75, 3.05) is 13.2 Å². The Kier molecular flexibility index (Phi) is 5.02. The van der Waals surface area contributed by atoms with Gasteiger partial charge in [-0.3, -0.25) is 0 Å². The molecule has 0 heterocycles. The average Bonchev–Trinajstić information content (AvgIpc) is 2.19. The summed E-state index contributed by atoms with van der Waals surface area (Å²) in [6.45, 7) is 1.56. The summed E-state index contributed by atoms with van der Waals surface area (Å²) in [5, 5.41) is 0. The van der Waals surface area contributed by atoms with E-state index in [1.807, 2.05) is 24.3 Å². The quantitative estimate of drug-likeness (QED) is 0.676. The van der Waals surface area contributed by atoms with Crippen LogP contribution >= 0.6 is 0 Å². The molecule has 0 aliphatic heterocycles. The third-order valence-corrected chi connectivity index (χ3v) is 1.80. The molecule has 1 aromatic carbocycles. The van der Waals surface area contributed by atoms with Gasteiger partial charge in [-0.1, -0.05) is 12.1 Å². The van der Waals surface area contributed by atoms with Crippen LogP contribution in [0.4, 0.5) is 0 Å². The van der Waals surface area contributed by atoms with Crippen molar-refractivity contribution in [3.63, 3.8) is 0 Å². The van der Waals surface area contributed by atoms with Crippen molar-refractivity contribution in [2.45, 2.75) is 19.3 Å². The SMILES string of the molecule is NCCCCCOc1cc[c]cc1. The zero-order valence-corrected chi connectivity index (χ0v) is 7.83. The van der Waals surface area contributed by atoms with Crippen molar-refractivity contribution in [1.29, 1.82) is 0 Å². The van der Waals surface area contributed by atoms with Crippen molar-refractivity contribution in [2.24, 2.45) is 5.73 Å². The summed E-state index contributed by atoms with van der Waals surface area (Å²) in [4.78, 5) is 0. The van der Waals surface area contributed by atoms with Gasteiger partial charge >= 0.3 is 0 Å². The fourth-order valence-electron chi connectivity index (χ4n) is 1.08. The molecule has 1 radical (unpaired) electrons. The van der Waals surface area contributed by atoms with Crippen LogP contribution in [0.3, 0.4) is 0 Å². The van der Waals surface area contributed by atoms with Crippen LogP contribution in [0, 0.1) is 6.07 Å². The van der Waals surface area contributed by atoms with E-state index >= 15 is 0 Å². The standard InChI is InChI=1S/C11H16NO/c12-9-5-2-6-10-13-11-7-3-1-4-8-11/h3-4,7-8H,2,5-6,9-10,12H2. The molecule has 71 valence electrons. The highest BCUT2D eigenvalue weighted by Gasteiger charge is 1.91. The molecule has 1 rings (SSSR count). The molecule has 0 aliphatic rings. The summed E-state index contributed by atoms with van der Waals surface area (Å²) < 4.78 is 5.49. The number of unbranched alkanes of at least 4 members (excludes halogenated alkanes) is 2. The lowest BCUT2D eigenvalue weighted by molar-refractivity contribution is 0.305. The van der Waals surface area contributed by atoms with Gasteiger partial charge in [0.1, 0.15) is 5.75 Å². The Morgan fingerprint density at radius 3 is 2.62 bits per heavy atom. The van der Waals surface area contributed by atoms with E-state index < -0.39 is 0 Å². The highest BCUT2D eigenvalue weighted by Crippen LogP contribution is 2.08. The minimum absolute atomic E-state index is 0.778. The monoisotopic (exact) mass is 178 g/mol. The third-order valence-electron chi connectivity index (χ3n) is 1.80. The number of rotatable bonds is 6. The Morgan fingerprint density at radius 1 is 1.15 bits per heavy atom. The van der Waals surface area contributed by atoms with Gasteiger partial charge in [-0.25, -0.2) is 0 Å². The highest BCUT2D eigenvalue weighted by molar-refractivity contribution is 5.20. The van der Waals surface area contributed by atoms with Gasteiger partial charge in [0.25, 0.3) is 0 Å². The number of hydrogen-bond donors (Lipinski definition) is 1. The molecule has 0 saturated carbocycles. The van der Waals surface area contributed by atoms with E-state index in [-0.39, 0.29) is 0 Å². The first kappa shape index (κ1) is 10.1. The Bertz CT molecular complexity index is 211. The molecule has 0 amide bonds. The molecule has 0 bridgehead atoms. The van der Waals surface area contributed by atoms with Crippen LogP contribution in [0.5, 0.6) is 5.75 Å². The van der Waals surface area contributed by atoms with Gasteiger partial charge in [0.2, 0.25) is 0 Å². The lowest BCUT2D eigenvalue weighted by Gasteiger charge is -2.04. The van der Waals surface area contributed by atoms with Crippen LogP contribution in [-0.2, 0) is 0 Å². The molecule has 2 nitrogen and oxygen atoms in total. The minimum atomic E-state index is 0.778. The third kappa shape index (κ3) is 4.53. The van der Waals surface area contributed by atoms with Crippen molar-refractivity contribution in [3.05, 3.63) is 30.3 Å². The van der Waals surface area contributed by atoms with Crippen molar-refractivity contribution in [3.8, 4) is 5.75 Å². The largest absolute Gasteiger partial charge is 0.494 e. The zero-order valence-electron chi connectivity index (χ0n) is 7.83. The molecule has 0 fully saturated rings. The molecule has 1 aromatic rings. The van der Waals surface area contributed by atoms with Gasteiger partial charge in [0.15, 0.2) is 0 Å². The molecule has 0 aromatic heterocycles. The Morgan fingerprint density at radius 2 is 1.92 bits per heavy atom. The van der Waals surface area contributed by atoms with E-state index in [9.17, 15) is 0 Å². The maximum atomic E-state index is 5.49. The van der Waals surface area contributed by atoms with E-state index in [4.69, 9.17) is 10.5 Å². The Hall–Kier alpha value is -1.02. The molecular weight excluding hydrogens is 162 g/mol. The fraction of sp³-hybridized carbons (Fsp3) is 0.455. The van der Waals surface area contributed by atoms with Crippen molar-refractivity contribution in [1.82, 2.24) is 0 Å². The van der Waals surface area contributed by atoms with Crippen molar-refractivity contribution < 1.29 is 4.74 Å². The van der Waals surface area contributed by atoms with Crippen LogP contribution in [-0.4, -0.2) is 13.2 Å². The predicted octanol–water partition coefficient (Wildman–Crippen LogP) is 1.99. The number of ether oxygens (including phenoxy) is 1. The highest BCUT2D eigenvalue weighted by atomic mass is 16.5. The van der Waals surface area contributed by atoms with Gasteiger partial charge in [0, 0.05) is 0 Å². The van der Waals surface area contributed by atoms with E-state index in [0.717, 1.165) is 38.2 Å². The van der Waals surface area contributed by atoms with Gasteiger partial charge in [-0.15, -0.1) is 0 Å². The fourth-order valence-corrected chi connectivity index (χ4v) is 1.08. The summed E-state index contributed by atoms with van der Waals surface area (Å²) in [5.41, 5.74) is 5.38. The van der Waals surface area contributed by atoms with Crippen LogP contribution in [0.2, 0.25) is 0 Å². The number of benzene rings is 1. The normalized spacial score (nSPS) is 9.92. The topological polar surface area (TPSA) is 35.2 Å². The summed E-state index contributed by atoms with van der Waals surface area (Å²) in [6.07, 6.45) is 3.32. The lowest BCUT2D eigenvalue weighted by atomic mass is 10.2. The number of nitrogens with two attached hydrogens (primary N) is 1. The first-order chi connectivity index (χ1) is 6.43. The summed E-state index contributed by atoms with van der Waals surface area (Å²) >= 11 is 0. The Balaban J connectivity index is 2.07. The predicted molar refractivity (Wildman–Crippen MR) is 53.7 cm³/mol. The Labute approximate surface area is 79.7 Å². The molecule has 0 atom stereocenters. The van der Waals surface area contributed by atoms with Crippen LogP contribution in [0.25, 0.3) is 0 Å². The first-order valence-electron chi connectivity index (χ1n) is 4.72. The molecule has 0 spiro atoms. The van der Waals surface area contributed by atoms with Crippen molar-refractivity contribution >= 4 is 0 Å². The van der Waals surface area contributed by atoms with E-state index in [1.54, 1.807) is 0 Å². The van der Waals surface area contributed by atoms with Gasteiger partial charge in [-0.2, -0.15) is 0 Å². The first-order valence-corrected chi connectivity index (χ1v) is 4.72. The number of hydrogen-bond acceptors (Lipinski definition) is 2. The molecule has 2 heteroatoms. The second kappa shape index (κ2) is 6.49. The molecule has 0 unspecified atom stereocenters. The molecule has 13 heavy (non-hydrogen) atoms. The van der Waals surface area contributed by atoms with Gasteiger partial charge in [-0.05, 0) is 44.0 Å². The van der Waals surface area contributed by atoms with E-state index in [1.165, 1.54) is 0 Å². The molecule has 0 aliphatic carbocycles. The van der Waals surface area contributed by atoms with Crippen LogP contribution < -0.4 is 10.5 Å². The second-order valence-electron chi connectivity index (χ2n) is 2.93. The summed E-state index contributed by atoms with van der Waals surface area (Å²) in [7, 11) is 0. The van der Waals surface area contributed by atoms with Gasteiger partial charge < -0.3 is 10.5 Å². The van der Waals surface area contributed by atoms with Crippen LogP contribution in [0.1, 0.15) is 19.3 Å². The summed E-state index contributed by atoms with van der Waals surface area (Å²) in [5.74, 6) is 0.923. The zero-order chi connectivity index (χ0) is 9.36. The minimum Gasteiger partial charge on any atom is -0.494 e. The van der Waals surface area contributed by atoms with E-state index in [2.05, 4.69) is 6.07 Å². The average molecular weight is 178 g/mol. The molecule has 0 saturated heterocycles. The van der Waals surface area contributed by atoms with E-state index in [0.29, 0.717) is 0 Å². The van der Waals surface area contributed by atoms with Crippen LogP contribution in [0.15, 0.2) is 24.3 Å². The summed E-state index contributed by atoms with van der Waals surface area (Å²) in [6, 6.07) is 10.5. The lowest BCUT2D eigenvalue weighted by Crippen LogP contribution is -2.01. The maximum absolute atomic E-state index is 5.49. The smallest absolute Gasteiger partial charge is 0.119 e. The molecule has 2 N–H and O–H groups in total. The second-order valence-corrected chi connectivity index (χ2v) is 2.93. The molecular formula is C11H16NO. The maximum Gasteiger partial charge on any atom is 0.119 e. The van der Waals surface area contributed by atoms with Gasteiger partial charge in [0.05, 0.1) is 6.61 Å².